The van der Waals surface area contributed by atoms with Crippen LogP contribution in [0.5, 0.6) is 0 Å². The van der Waals surface area contributed by atoms with E-state index >= 15 is 0 Å². The van der Waals surface area contributed by atoms with Gasteiger partial charge in [0.05, 0.1) is 16.6 Å². The molecule has 45 heavy (non-hydrogen) atoms. The number of furan rings is 1. The summed E-state index contributed by atoms with van der Waals surface area (Å²) in [4.78, 5) is 0. The summed E-state index contributed by atoms with van der Waals surface area (Å²) in [6.45, 7) is 0. The number of nitrogens with zero attached hydrogens (tertiary/aromatic N) is 2. The summed E-state index contributed by atoms with van der Waals surface area (Å²) in [5.74, 6) is 0. The first-order valence-electron chi connectivity index (χ1n) is 16.0. The van der Waals surface area contributed by atoms with Crippen LogP contribution in [-0.2, 0) is 12.8 Å². The Kier molecular flexibility index (Phi) is 5.23. The lowest BCUT2D eigenvalue weighted by molar-refractivity contribution is 0.666. The largest absolute Gasteiger partial charge is 0.455 e. The number of hydrogen-bond acceptors (Lipinski definition) is 1. The Labute approximate surface area is 260 Å². The zero-order chi connectivity index (χ0) is 29.5. The van der Waals surface area contributed by atoms with Gasteiger partial charge in [0.2, 0.25) is 0 Å². The van der Waals surface area contributed by atoms with Crippen LogP contribution in [0, 0.1) is 0 Å². The van der Waals surface area contributed by atoms with Crippen molar-refractivity contribution in [2.45, 2.75) is 25.7 Å². The molecule has 10 rings (SSSR count). The highest BCUT2D eigenvalue weighted by atomic mass is 16.3. The van der Waals surface area contributed by atoms with Crippen LogP contribution in [0.25, 0.3) is 77.1 Å². The van der Waals surface area contributed by atoms with Gasteiger partial charge in [-0.3, -0.25) is 0 Å². The molecule has 0 saturated heterocycles. The molecule has 3 nitrogen and oxygen atoms in total. The molecule has 6 aromatic carbocycles. The molecule has 0 bridgehead atoms. The number of aromatic nitrogens is 2. The summed E-state index contributed by atoms with van der Waals surface area (Å²) < 4.78 is 11.6. The zero-order valence-corrected chi connectivity index (χ0v) is 24.8. The van der Waals surface area contributed by atoms with Crippen LogP contribution in [-0.4, -0.2) is 9.13 Å². The van der Waals surface area contributed by atoms with Crippen molar-refractivity contribution in [2.24, 2.45) is 0 Å². The summed E-state index contributed by atoms with van der Waals surface area (Å²) >= 11 is 0. The first kappa shape index (κ1) is 24.9. The Bertz CT molecular complexity index is 2560. The van der Waals surface area contributed by atoms with Crippen LogP contribution < -0.4 is 0 Å². The minimum absolute atomic E-state index is 0.921. The molecule has 0 fully saturated rings. The van der Waals surface area contributed by atoms with Crippen molar-refractivity contribution in [3.63, 3.8) is 0 Å². The van der Waals surface area contributed by atoms with E-state index in [1.54, 1.807) is 0 Å². The van der Waals surface area contributed by atoms with E-state index in [4.69, 9.17) is 4.42 Å². The van der Waals surface area contributed by atoms with Crippen LogP contribution in [0.15, 0.2) is 138 Å². The van der Waals surface area contributed by atoms with Crippen molar-refractivity contribution in [1.82, 2.24) is 9.13 Å². The highest BCUT2D eigenvalue weighted by Gasteiger charge is 2.23. The molecule has 1 aliphatic carbocycles. The van der Waals surface area contributed by atoms with E-state index in [9.17, 15) is 0 Å². The standard InChI is InChI=1S/C42H30N2O/c1-6-19-37-31(12-1)32-13-2-7-20-38(32)43(37)28-24-27(30-17-11-18-36-35-16-5-10-23-41(35)45-42(30)36)25-29(26-28)44-39-21-8-3-14-33(39)34-15-4-9-22-40(34)44/h1-3,5-8,10-14,16-21,23-26H,4,9,15,22H2. The van der Waals surface area contributed by atoms with Gasteiger partial charge < -0.3 is 13.6 Å². The zero-order valence-electron chi connectivity index (χ0n) is 24.8. The number of fused-ring (bicyclic) bond motifs is 9. The Morgan fingerprint density at radius 3 is 1.80 bits per heavy atom. The van der Waals surface area contributed by atoms with Gasteiger partial charge in [-0.25, -0.2) is 0 Å². The van der Waals surface area contributed by atoms with E-state index in [0.29, 0.717) is 0 Å². The molecular formula is C42H30N2O. The maximum atomic E-state index is 6.59. The van der Waals surface area contributed by atoms with Crippen molar-refractivity contribution < 1.29 is 4.42 Å². The van der Waals surface area contributed by atoms with E-state index in [1.807, 2.05) is 6.07 Å². The quantitative estimate of drug-likeness (QED) is 0.204. The Balaban J connectivity index is 1.33. The fraction of sp³-hybridized carbons (Fsp3) is 0.0952. The SMILES string of the molecule is c1ccc2c(c1)oc1c(-c3cc(-n4c5c(c6ccccc64)CCCC5)cc(-n4c5ccccc5c5ccccc54)c3)cccc12. The molecule has 3 heteroatoms. The second-order valence-electron chi connectivity index (χ2n) is 12.4. The van der Waals surface area contributed by atoms with Crippen LogP contribution in [0.4, 0.5) is 0 Å². The van der Waals surface area contributed by atoms with E-state index in [1.165, 1.54) is 62.5 Å². The molecule has 3 aromatic heterocycles. The molecule has 214 valence electrons. The smallest absolute Gasteiger partial charge is 0.143 e. The molecular weight excluding hydrogens is 548 g/mol. The van der Waals surface area contributed by atoms with Crippen molar-refractivity contribution in [1.29, 1.82) is 0 Å². The minimum Gasteiger partial charge on any atom is -0.455 e. The molecule has 0 amide bonds. The lowest BCUT2D eigenvalue weighted by Gasteiger charge is -2.19. The number of aryl methyl sites for hydroxylation is 1. The van der Waals surface area contributed by atoms with Crippen molar-refractivity contribution in [3.8, 4) is 22.5 Å². The molecule has 3 heterocycles. The maximum Gasteiger partial charge on any atom is 0.143 e. The third kappa shape index (κ3) is 3.58. The summed E-state index contributed by atoms with van der Waals surface area (Å²) in [6.07, 6.45) is 4.71. The van der Waals surface area contributed by atoms with Gasteiger partial charge in [0.25, 0.3) is 0 Å². The van der Waals surface area contributed by atoms with Gasteiger partial charge in [-0.05, 0) is 79.3 Å². The summed E-state index contributed by atoms with van der Waals surface area (Å²) in [5.41, 5.74) is 13.1. The molecule has 0 spiro atoms. The van der Waals surface area contributed by atoms with Gasteiger partial charge in [0.1, 0.15) is 11.2 Å². The topological polar surface area (TPSA) is 23.0 Å². The number of hydrogen-bond donors (Lipinski definition) is 0. The Morgan fingerprint density at radius 2 is 1.04 bits per heavy atom. The van der Waals surface area contributed by atoms with Gasteiger partial charge in [-0.1, -0.05) is 91.0 Å². The van der Waals surface area contributed by atoms with E-state index in [2.05, 4.69) is 137 Å². The van der Waals surface area contributed by atoms with Gasteiger partial charge >= 0.3 is 0 Å². The predicted octanol–water partition coefficient (Wildman–Crippen LogP) is 11.2. The van der Waals surface area contributed by atoms with Crippen LogP contribution >= 0.6 is 0 Å². The monoisotopic (exact) mass is 578 g/mol. The van der Waals surface area contributed by atoms with Gasteiger partial charge in [-0.2, -0.15) is 0 Å². The van der Waals surface area contributed by atoms with E-state index in [0.717, 1.165) is 51.6 Å². The lowest BCUT2D eigenvalue weighted by Crippen LogP contribution is -2.08. The van der Waals surface area contributed by atoms with Crippen molar-refractivity contribution in [2.75, 3.05) is 0 Å². The highest BCUT2D eigenvalue weighted by molar-refractivity contribution is 6.11. The van der Waals surface area contributed by atoms with Gasteiger partial charge in [0, 0.05) is 49.6 Å². The van der Waals surface area contributed by atoms with E-state index < -0.39 is 0 Å². The van der Waals surface area contributed by atoms with Gasteiger partial charge in [0.15, 0.2) is 0 Å². The number of benzene rings is 6. The molecule has 9 aromatic rings. The first-order valence-corrected chi connectivity index (χ1v) is 16.0. The Hall–Kier alpha value is -5.54. The average molecular weight is 579 g/mol. The molecule has 0 aliphatic heterocycles. The first-order chi connectivity index (χ1) is 22.3. The maximum absolute atomic E-state index is 6.59. The van der Waals surface area contributed by atoms with E-state index in [-0.39, 0.29) is 0 Å². The summed E-state index contributed by atoms with van der Waals surface area (Å²) in [5, 5.41) is 6.22. The molecule has 0 N–H and O–H groups in total. The van der Waals surface area contributed by atoms with Gasteiger partial charge in [-0.15, -0.1) is 0 Å². The molecule has 0 radical (unpaired) electrons. The molecule has 0 atom stereocenters. The third-order valence-corrected chi connectivity index (χ3v) is 9.89. The summed E-state index contributed by atoms with van der Waals surface area (Å²) in [7, 11) is 0. The second-order valence-corrected chi connectivity index (χ2v) is 12.4. The van der Waals surface area contributed by atoms with Crippen LogP contribution in [0.2, 0.25) is 0 Å². The average Bonchev–Trinajstić information content (AvgIpc) is 3.76. The Morgan fingerprint density at radius 1 is 0.467 bits per heavy atom. The fourth-order valence-electron chi connectivity index (χ4n) is 7.97. The highest BCUT2D eigenvalue weighted by Crippen LogP contribution is 2.41. The predicted molar refractivity (Wildman–Crippen MR) is 187 cm³/mol. The molecule has 0 saturated carbocycles. The minimum atomic E-state index is 0.921. The van der Waals surface area contributed by atoms with Crippen LogP contribution in [0.1, 0.15) is 24.1 Å². The second kappa shape index (κ2) is 9.48. The van der Waals surface area contributed by atoms with Crippen molar-refractivity contribution in [3.05, 3.63) is 145 Å². The molecule has 0 unspecified atom stereocenters. The number of rotatable bonds is 3. The van der Waals surface area contributed by atoms with Crippen molar-refractivity contribution >= 4 is 54.6 Å². The third-order valence-electron chi connectivity index (χ3n) is 9.89. The molecule has 1 aliphatic rings. The normalized spacial score (nSPS) is 13.4. The summed E-state index contributed by atoms with van der Waals surface area (Å²) in [6, 6.07) is 48.5. The van der Waals surface area contributed by atoms with Crippen LogP contribution in [0.3, 0.4) is 0 Å². The number of para-hydroxylation sites is 5. The lowest BCUT2D eigenvalue weighted by atomic mass is 9.95. The fourth-order valence-corrected chi connectivity index (χ4v) is 7.97.